The van der Waals surface area contributed by atoms with Crippen molar-refractivity contribution in [1.29, 1.82) is 5.41 Å². The van der Waals surface area contributed by atoms with Crippen LogP contribution in [0.3, 0.4) is 0 Å². The van der Waals surface area contributed by atoms with Crippen molar-refractivity contribution in [1.82, 2.24) is 4.42 Å². The molecule has 8 heteroatoms. The van der Waals surface area contributed by atoms with Crippen molar-refractivity contribution in [2.24, 2.45) is 5.73 Å². The largest absolute Gasteiger partial charge is 0.497 e. The van der Waals surface area contributed by atoms with Crippen LogP contribution in [0, 0.1) is 11.2 Å². The number of carbonyl (C=O) groups excluding carboxylic acids is 1. The summed E-state index contributed by atoms with van der Waals surface area (Å²) in [4.78, 5) is 12.9. The van der Waals surface area contributed by atoms with E-state index < -0.39 is 17.8 Å². The lowest BCUT2D eigenvalue weighted by Crippen LogP contribution is -2.30. The van der Waals surface area contributed by atoms with Crippen LogP contribution in [0.15, 0.2) is 42.5 Å². The number of nitrogens with zero attached hydrogens (tertiary/aromatic N) is 1. The number of amidine groups is 1. The zero-order valence-electron chi connectivity index (χ0n) is 15.7. The van der Waals surface area contributed by atoms with Gasteiger partial charge in [-0.25, -0.2) is 8.81 Å². The molecule has 2 aromatic carbocycles. The summed E-state index contributed by atoms with van der Waals surface area (Å²) in [5, 5.41) is 7.41. The Bertz CT molecular complexity index is 830. The van der Waals surface area contributed by atoms with Gasteiger partial charge in [0, 0.05) is 35.6 Å². The van der Waals surface area contributed by atoms with E-state index in [1.807, 2.05) is 6.92 Å². The number of hydrogen-bond acceptors (Lipinski definition) is 4. The highest BCUT2D eigenvalue weighted by molar-refractivity contribution is 6.21. The Morgan fingerprint density at radius 3 is 2.50 bits per heavy atom. The third-order valence-corrected chi connectivity index (χ3v) is 4.31. The van der Waals surface area contributed by atoms with E-state index in [-0.39, 0.29) is 24.6 Å². The van der Waals surface area contributed by atoms with E-state index in [2.05, 4.69) is 0 Å². The predicted octanol–water partition coefficient (Wildman–Crippen LogP) is 3.77. The van der Waals surface area contributed by atoms with Crippen LogP contribution < -0.4 is 10.5 Å². The van der Waals surface area contributed by atoms with Crippen molar-refractivity contribution in [3.05, 3.63) is 65.0 Å². The maximum absolute atomic E-state index is 14.5. The summed E-state index contributed by atoms with van der Waals surface area (Å²) in [5.74, 6) is -0.885. The summed E-state index contributed by atoms with van der Waals surface area (Å²) in [6.45, 7) is 2.25. The number of amides is 1. The summed E-state index contributed by atoms with van der Waals surface area (Å²) in [5.41, 5.74) is 6.83. The number of methoxy groups -OCH3 is 1. The fourth-order valence-electron chi connectivity index (χ4n) is 2.53. The third kappa shape index (κ3) is 5.43. The minimum atomic E-state index is -1.17. The van der Waals surface area contributed by atoms with Crippen LogP contribution in [-0.4, -0.2) is 29.9 Å². The van der Waals surface area contributed by atoms with Crippen molar-refractivity contribution >= 4 is 23.5 Å². The summed E-state index contributed by atoms with van der Waals surface area (Å²) in [6, 6.07) is 11.0. The Labute approximate surface area is 168 Å². The number of hydrogen-bond donors (Lipinski definition) is 2. The van der Waals surface area contributed by atoms with Gasteiger partial charge in [0.2, 0.25) is 0 Å². The number of nitrogen functional groups attached to an aromatic ring is 1. The molecule has 2 rings (SSSR count). The molecule has 0 radical (unpaired) electrons. The average molecular weight is 408 g/mol. The molecule has 0 aliphatic carbocycles. The van der Waals surface area contributed by atoms with Crippen LogP contribution >= 0.6 is 11.8 Å². The van der Waals surface area contributed by atoms with Gasteiger partial charge in [-0.1, -0.05) is 31.2 Å². The summed E-state index contributed by atoms with van der Waals surface area (Å²) < 4.78 is 26.0. The smallest absolute Gasteiger partial charge is 0.271 e. The quantitative estimate of drug-likeness (QED) is 0.376. The fourth-order valence-corrected chi connectivity index (χ4v) is 2.76. The molecule has 0 aliphatic rings. The molecule has 0 bridgehead atoms. The number of carbonyl (C=O) groups is 1. The van der Waals surface area contributed by atoms with Crippen LogP contribution in [0.5, 0.6) is 5.75 Å². The first-order chi connectivity index (χ1) is 13.4. The fraction of sp³-hybridized carbons (Fsp3) is 0.300. The Balaban J connectivity index is 2.20. The SMILES string of the molecule is CCCOC(C(=O)N(Cl)Cc1ccc(C(=N)N)cc1)c1ccc(OC)cc1F. The maximum Gasteiger partial charge on any atom is 0.271 e. The van der Waals surface area contributed by atoms with E-state index in [0.717, 1.165) is 9.98 Å². The number of ether oxygens (including phenoxy) is 2. The van der Waals surface area contributed by atoms with Crippen LogP contribution in [0.1, 0.15) is 36.1 Å². The Morgan fingerprint density at radius 2 is 1.96 bits per heavy atom. The molecule has 1 amide bonds. The van der Waals surface area contributed by atoms with Crippen LogP contribution in [0.25, 0.3) is 0 Å². The molecule has 0 aromatic heterocycles. The van der Waals surface area contributed by atoms with Crippen molar-refractivity contribution in [2.75, 3.05) is 13.7 Å². The molecule has 0 saturated heterocycles. The number of rotatable bonds is 9. The first-order valence-corrected chi connectivity index (χ1v) is 9.06. The number of halogens is 2. The highest BCUT2D eigenvalue weighted by Gasteiger charge is 2.29. The topological polar surface area (TPSA) is 88.6 Å². The minimum Gasteiger partial charge on any atom is -0.497 e. The molecule has 2 aromatic rings. The van der Waals surface area contributed by atoms with Gasteiger partial charge in [-0.15, -0.1) is 0 Å². The van der Waals surface area contributed by atoms with Crippen molar-refractivity contribution in [2.45, 2.75) is 26.0 Å². The molecule has 3 N–H and O–H groups in total. The number of nitrogens with one attached hydrogen (secondary N) is 1. The van der Waals surface area contributed by atoms with Gasteiger partial charge in [0.1, 0.15) is 17.4 Å². The molecule has 0 fully saturated rings. The molecule has 28 heavy (non-hydrogen) atoms. The molecule has 6 nitrogen and oxygen atoms in total. The molecule has 0 aliphatic heterocycles. The van der Waals surface area contributed by atoms with Gasteiger partial charge in [-0.3, -0.25) is 10.2 Å². The maximum atomic E-state index is 14.5. The second-order valence-electron chi connectivity index (χ2n) is 6.11. The number of benzene rings is 2. The molecular formula is C20H23ClFN3O3. The van der Waals surface area contributed by atoms with Gasteiger partial charge < -0.3 is 15.2 Å². The zero-order valence-corrected chi connectivity index (χ0v) is 16.5. The van der Waals surface area contributed by atoms with Gasteiger partial charge in [-0.2, -0.15) is 0 Å². The lowest BCUT2D eigenvalue weighted by atomic mass is 10.1. The van der Waals surface area contributed by atoms with E-state index in [1.54, 1.807) is 30.3 Å². The second-order valence-corrected chi connectivity index (χ2v) is 6.52. The van der Waals surface area contributed by atoms with E-state index in [1.165, 1.54) is 19.2 Å². The number of nitrogens with two attached hydrogens (primary N) is 1. The Morgan fingerprint density at radius 1 is 1.29 bits per heavy atom. The lowest BCUT2D eigenvalue weighted by molar-refractivity contribution is -0.140. The van der Waals surface area contributed by atoms with Crippen LogP contribution in [-0.2, 0) is 16.1 Å². The summed E-state index contributed by atoms with van der Waals surface area (Å²) in [6.07, 6.45) is -0.504. The van der Waals surface area contributed by atoms with Crippen molar-refractivity contribution < 1.29 is 18.7 Å². The van der Waals surface area contributed by atoms with E-state index in [4.69, 9.17) is 32.4 Å². The highest BCUT2D eigenvalue weighted by atomic mass is 35.5. The average Bonchev–Trinajstić information content (AvgIpc) is 2.69. The third-order valence-electron chi connectivity index (χ3n) is 4.03. The summed E-state index contributed by atoms with van der Waals surface area (Å²) >= 11 is 6.19. The van der Waals surface area contributed by atoms with Crippen LogP contribution in [0.2, 0.25) is 0 Å². The predicted molar refractivity (Wildman–Crippen MR) is 106 cm³/mol. The molecular weight excluding hydrogens is 385 g/mol. The van der Waals surface area contributed by atoms with Crippen molar-refractivity contribution in [3.8, 4) is 5.75 Å². The van der Waals surface area contributed by atoms with Gasteiger partial charge in [0.15, 0.2) is 6.10 Å². The zero-order chi connectivity index (χ0) is 20.7. The standard InChI is InChI=1S/C20H23ClFN3O3/c1-3-10-28-18(16-9-8-15(27-2)11-17(16)22)20(26)25(21)12-13-4-6-14(7-5-13)19(23)24/h4-9,11,18H,3,10,12H2,1-2H3,(H3,23,24). The van der Waals surface area contributed by atoms with Crippen molar-refractivity contribution in [3.63, 3.8) is 0 Å². The Hall–Kier alpha value is -2.64. The molecule has 1 unspecified atom stereocenters. The van der Waals surface area contributed by atoms with E-state index >= 15 is 0 Å². The van der Waals surface area contributed by atoms with E-state index in [0.29, 0.717) is 17.7 Å². The second kappa shape index (κ2) is 10.1. The Kier molecular flexibility index (Phi) is 7.78. The first-order valence-electron chi connectivity index (χ1n) is 8.72. The molecule has 1 atom stereocenters. The molecule has 0 spiro atoms. The summed E-state index contributed by atoms with van der Waals surface area (Å²) in [7, 11) is 1.43. The van der Waals surface area contributed by atoms with E-state index in [9.17, 15) is 9.18 Å². The highest BCUT2D eigenvalue weighted by Crippen LogP contribution is 2.27. The molecule has 0 heterocycles. The normalized spacial score (nSPS) is 11.7. The molecule has 0 saturated carbocycles. The van der Waals surface area contributed by atoms with Gasteiger partial charge >= 0.3 is 0 Å². The molecule has 150 valence electrons. The van der Waals surface area contributed by atoms with Crippen LogP contribution in [0.4, 0.5) is 4.39 Å². The monoisotopic (exact) mass is 407 g/mol. The van der Waals surface area contributed by atoms with Gasteiger partial charge in [0.05, 0.1) is 13.7 Å². The van der Waals surface area contributed by atoms with Gasteiger partial charge in [-0.05, 0) is 24.1 Å². The minimum absolute atomic E-state index is 0.0478. The first kappa shape index (κ1) is 21.7. The van der Waals surface area contributed by atoms with Gasteiger partial charge in [0.25, 0.3) is 5.91 Å². The lowest BCUT2D eigenvalue weighted by Gasteiger charge is -2.23.